The molecule has 17 heavy (non-hydrogen) atoms. The topological polar surface area (TPSA) is 47.3 Å². The molecule has 0 aliphatic heterocycles. The molecule has 0 heterocycles. The fourth-order valence-corrected chi connectivity index (χ4v) is 2.40. The van der Waals surface area contributed by atoms with E-state index < -0.39 is 0 Å². The highest BCUT2D eigenvalue weighted by molar-refractivity contribution is 5.20. The van der Waals surface area contributed by atoms with Crippen molar-refractivity contribution in [1.29, 1.82) is 0 Å². The largest absolute Gasteiger partial charge is 0.378 e. The van der Waals surface area contributed by atoms with Crippen LogP contribution in [0.5, 0.6) is 0 Å². The maximum absolute atomic E-state index is 12.9. The van der Waals surface area contributed by atoms with E-state index in [0.29, 0.717) is 0 Å². The molecule has 3 nitrogen and oxygen atoms in total. The lowest BCUT2D eigenvalue weighted by Crippen LogP contribution is -2.44. The van der Waals surface area contributed by atoms with Gasteiger partial charge >= 0.3 is 0 Å². The van der Waals surface area contributed by atoms with E-state index in [4.69, 9.17) is 10.6 Å². The first-order valence-electron chi connectivity index (χ1n) is 5.96. The summed E-state index contributed by atoms with van der Waals surface area (Å²) in [5.41, 5.74) is 3.74. The van der Waals surface area contributed by atoms with Crippen molar-refractivity contribution in [3.63, 3.8) is 0 Å². The van der Waals surface area contributed by atoms with E-state index in [1.807, 2.05) is 0 Å². The Labute approximate surface area is 101 Å². The van der Waals surface area contributed by atoms with Crippen LogP contribution in [0.2, 0.25) is 0 Å². The lowest BCUT2D eigenvalue weighted by Gasteiger charge is -2.42. The van der Waals surface area contributed by atoms with Crippen molar-refractivity contribution in [2.24, 2.45) is 5.84 Å². The summed E-state index contributed by atoms with van der Waals surface area (Å²) in [4.78, 5) is 0. The minimum absolute atomic E-state index is 0.0100. The third-order valence-corrected chi connectivity index (χ3v) is 3.75. The van der Waals surface area contributed by atoms with Crippen molar-refractivity contribution in [2.75, 3.05) is 7.11 Å². The zero-order valence-electron chi connectivity index (χ0n) is 10.1. The number of ether oxygens (including phenoxy) is 1. The van der Waals surface area contributed by atoms with E-state index >= 15 is 0 Å². The summed E-state index contributed by atoms with van der Waals surface area (Å²) in [6.45, 7) is 0. The van der Waals surface area contributed by atoms with Crippen LogP contribution in [0.1, 0.15) is 37.3 Å². The summed E-state index contributed by atoms with van der Waals surface area (Å²) in [5.74, 6) is 5.36. The Bertz CT molecular complexity index is 357. The lowest BCUT2D eigenvalue weighted by atomic mass is 9.75. The molecule has 1 aliphatic rings. The van der Waals surface area contributed by atoms with Crippen LogP contribution in [-0.2, 0) is 4.74 Å². The molecule has 1 aromatic rings. The predicted octanol–water partition coefficient (Wildman–Crippen LogP) is 2.29. The van der Waals surface area contributed by atoms with Gasteiger partial charge in [0, 0.05) is 13.2 Å². The number of halogens is 1. The first-order chi connectivity index (χ1) is 8.19. The molecule has 2 rings (SSSR count). The highest BCUT2D eigenvalue weighted by atomic mass is 19.1. The van der Waals surface area contributed by atoms with Gasteiger partial charge in [0.1, 0.15) is 5.82 Å². The lowest BCUT2D eigenvalue weighted by molar-refractivity contribution is -0.0838. The quantitative estimate of drug-likeness (QED) is 0.611. The third-order valence-electron chi connectivity index (χ3n) is 3.75. The fraction of sp³-hybridized carbons (Fsp3) is 0.538. The van der Waals surface area contributed by atoms with Crippen molar-refractivity contribution in [3.05, 3.63) is 35.6 Å². The van der Waals surface area contributed by atoms with E-state index in [-0.39, 0.29) is 17.5 Å². The normalized spacial score (nSPS) is 19.7. The van der Waals surface area contributed by atoms with E-state index in [1.54, 1.807) is 19.2 Å². The summed E-state index contributed by atoms with van der Waals surface area (Å²) >= 11 is 0. The number of rotatable bonds is 5. The Balaban J connectivity index is 2.08. The van der Waals surface area contributed by atoms with Gasteiger partial charge in [-0.25, -0.2) is 4.39 Å². The number of hydrazine groups is 1. The zero-order chi connectivity index (χ0) is 12.3. The maximum atomic E-state index is 12.9. The summed E-state index contributed by atoms with van der Waals surface area (Å²) in [7, 11) is 1.75. The molecular formula is C13H19FN2O. The number of hydrogen-bond donors (Lipinski definition) is 2. The van der Waals surface area contributed by atoms with Gasteiger partial charge in [-0.3, -0.25) is 11.3 Å². The van der Waals surface area contributed by atoms with Gasteiger partial charge < -0.3 is 4.74 Å². The van der Waals surface area contributed by atoms with Crippen LogP contribution in [0.4, 0.5) is 4.39 Å². The maximum Gasteiger partial charge on any atom is 0.123 e. The predicted molar refractivity (Wildman–Crippen MR) is 64.7 cm³/mol. The molecule has 4 heteroatoms. The average molecular weight is 238 g/mol. The monoisotopic (exact) mass is 238 g/mol. The van der Waals surface area contributed by atoms with Crippen LogP contribution in [0, 0.1) is 5.82 Å². The van der Waals surface area contributed by atoms with Crippen LogP contribution in [0.15, 0.2) is 24.3 Å². The Morgan fingerprint density at radius 1 is 1.41 bits per heavy atom. The number of benzene rings is 1. The van der Waals surface area contributed by atoms with Crippen molar-refractivity contribution in [3.8, 4) is 0 Å². The van der Waals surface area contributed by atoms with Gasteiger partial charge in [0.05, 0.1) is 5.60 Å². The van der Waals surface area contributed by atoms with Gasteiger partial charge in [0.2, 0.25) is 0 Å². The molecule has 0 amide bonds. The number of methoxy groups -OCH3 is 1. The molecule has 1 atom stereocenters. The first kappa shape index (κ1) is 12.5. The molecule has 0 aromatic heterocycles. The number of nitrogens with one attached hydrogen (secondary N) is 1. The van der Waals surface area contributed by atoms with Gasteiger partial charge in [0.15, 0.2) is 0 Å². The second-order valence-corrected chi connectivity index (χ2v) is 4.72. The Morgan fingerprint density at radius 2 is 2.06 bits per heavy atom. The minimum Gasteiger partial charge on any atom is -0.378 e. The molecule has 3 N–H and O–H groups in total. The fourth-order valence-electron chi connectivity index (χ4n) is 2.40. The summed E-state index contributed by atoms with van der Waals surface area (Å²) in [6, 6.07) is 6.46. The molecule has 0 radical (unpaired) electrons. The third kappa shape index (κ3) is 2.65. The molecule has 0 saturated heterocycles. The molecule has 1 aromatic carbocycles. The highest BCUT2D eigenvalue weighted by Crippen LogP contribution is 2.41. The molecular weight excluding hydrogens is 219 g/mol. The van der Waals surface area contributed by atoms with Gasteiger partial charge in [0.25, 0.3) is 0 Å². The van der Waals surface area contributed by atoms with E-state index in [1.165, 1.54) is 18.6 Å². The van der Waals surface area contributed by atoms with Gasteiger partial charge in [-0.05, 0) is 43.4 Å². The number of hydrogen-bond acceptors (Lipinski definition) is 3. The molecule has 1 aliphatic carbocycles. The first-order valence-corrected chi connectivity index (χ1v) is 5.96. The molecule has 1 saturated carbocycles. The van der Waals surface area contributed by atoms with Crippen molar-refractivity contribution >= 4 is 0 Å². The van der Waals surface area contributed by atoms with Crippen molar-refractivity contribution < 1.29 is 9.13 Å². The number of nitrogens with two attached hydrogens (primary N) is 1. The highest BCUT2D eigenvalue weighted by Gasteiger charge is 2.39. The second kappa shape index (κ2) is 5.12. The van der Waals surface area contributed by atoms with Gasteiger partial charge in [-0.15, -0.1) is 0 Å². The van der Waals surface area contributed by atoms with Crippen LogP contribution >= 0.6 is 0 Å². The summed E-state index contributed by atoms with van der Waals surface area (Å²) in [6.07, 6.45) is 4.17. The molecule has 94 valence electrons. The SMILES string of the molecule is COC1(CC(NN)c2ccc(F)cc2)CCC1. The van der Waals surface area contributed by atoms with Crippen LogP contribution < -0.4 is 11.3 Å². The summed E-state index contributed by atoms with van der Waals surface area (Å²) < 4.78 is 18.4. The second-order valence-electron chi connectivity index (χ2n) is 4.72. The smallest absolute Gasteiger partial charge is 0.123 e. The van der Waals surface area contributed by atoms with E-state index in [0.717, 1.165) is 24.8 Å². The van der Waals surface area contributed by atoms with E-state index in [2.05, 4.69) is 5.43 Å². The van der Waals surface area contributed by atoms with Crippen LogP contribution in [0.25, 0.3) is 0 Å². The molecule has 0 spiro atoms. The van der Waals surface area contributed by atoms with Crippen molar-refractivity contribution in [1.82, 2.24) is 5.43 Å². The average Bonchev–Trinajstić information content (AvgIpc) is 2.30. The minimum atomic E-state index is -0.227. The van der Waals surface area contributed by atoms with Crippen molar-refractivity contribution in [2.45, 2.75) is 37.3 Å². The van der Waals surface area contributed by atoms with Gasteiger partial charge in [-0.1, -0.05) is 12.1 Å². The Kier molecular flexibility index (Phi) is 3.76. The zero-order valence-corrected chi connectivity index (χ0v) is 10.1. The Hall–Kier alpha value is -0.970. The standard InChI is InChI=1S/C13H19FN2O/c1-17-13(7-2-8-13)9-12(16-15)10-3-5-11(14)6-4-10/h3-6,12,16H,2,7-9,15H2,1H3. The molecule has 1 fully saturated rings. The van der Waals surface area contributed by atoms with Crippen LogP contribution in [-0.4, -0.2) is 12.7 Å². The molecule has 1 unspecified atom stereocenters. The van der Waals surface area contributed by atoms with Crippen LogP contribution in [0.3, 0.4) is 0 Å². The Morgan fingerprint density at radius 3 is 2.47 bits per heavy atom. The van der Waals surface area contributed by atoms with E-state index in [9.17, 15) is 4.39 Å². The summed E-state index contributed by atoms with van der Waals surface area (Å²) in [5, 5.41) is 0. The molecule has 0 bridgehead atoms. The van der Waals surface area contributed by atoms with Gasteiger partial charge in [-0.2, -0.15) is 0 Å².